The van der Waals surface area contributed by atoms with Crippen LogP contribution in [-0.4, -0.2) is 26.0 Å². The molecule has 0 aliphatic carbocycles. The van der Waals surface area contributed by atoms with E-state index in [2.05, 4.69) is 15.0 Å². The Hall–Kier alpha value is -1.51. The highest BCUT2D eigenvalue weighted by atomic mass is 32.2. The second-order valence-corrected chi connectivity index (χ2v) is 7.88. The number of carboxylic acids is 1. The van der Waals surface area contributed by atoms with Gasteiger partial charge in [-0.25, -0.2) is 19.7 Å². The molecule has 0 aliphatic heterocycles. The smallest absolute Gasteiger partial charge is 0.346 e. The summed E-state index contributed by atoms with van der Waals surface area (Å²) in [5.74, 6) is -0.924. The van der Waals surface area contributed by atoms with Gasteiger partial charge in [-0.05, 0) is 38.1 Å². The molecule has 0 aliphatic rings. The first kappa shape index (κ1) is 14.4. The maximum absolute atomic E-state index is 11.3. The molecule has 3 aromatic heterocycles. The molecule has 3 heterocycles. The number of carboxylic acid groups (broad SMARTS) is 1. The molecular formula is C13H11N3O2S3. The highest BCUT2D eigenvalue weighted by Crippen LogP contribution is 2.39. The van der Waals surface area contributed by atoms with Gasteiger partial charge in [-0.15, -0.1) is 22.7 Å². The molecule has 1 N–H and O–H groups in total. The second kappa shape index (κ2) is 5.36. The summed E-state index contributed by atoms with van der Waals surface area (Å²) >= 11 is 4.26. The number of nitrogens with zero attached hydrogens (tertiary/aromatic N) is 3. The van der Waals surface area contributed by atoms with Crippen LogP contribution in [0.3, 0.4) is 0 Å². The van der Waals surface area contributed by atoms with Crippen molar-refractivity contribution in [1.29, 1.82) is 0 Å². The van der Waals surface area contributed by atoms with Crippen molar-refractivity contribution < 1.29 is 9.90 Å². The molecule has 0 radical (unpaired) electrons. The fourth-order valence-electron chi connectivity index (χ4n) is 1.89. The molecular weight excluding hydrogens is 326 g/mol. The van der Waals surface area contributed by atoms with E-state index in [1.54, 1.807) is 18.3 Å². The van der Waals surface area contributed by atoms with E-state index in [9.17, 15) is 9.90 Å². The zero-order valence-corrected chi connectivity index (χ0v) is 13.9. The number of thiophene rings is 1. The van der Waals surface area contributed by atoms with Crippen molar-refractivity contribution in [1.82, 2.24) is 15.0 Å². The number of hydrogen-bond acceptors (Lipinski definition) is 7. The molecule has 0 saturated carbocycles. The fraction of sp³-hybridized carbons (Fsp3) is 0.231. The van der Waals surface area contributed by atoms with Gasteiger partial charge in [-0.2, -0.15) is 0 Å². The summed E-state index contributed by atoms with van der Waals surface area (Å²) in [4.78, 5) is 26.4. The van der Waals surface area contributed by atoms with E-state index in [1.807, 2.05) is 13.8 Å². The summed E-state index contributed by atoms with van der Waals surface area (Å²) < 4.78 is 0.910. The van der Waals surface area contributed by atoms with Crippen LogP contribution in [-0.2, 0) is 0 Å². The number of aromatic nitrogens is 3. The van der Waals surface area contributed by atoms with Gasteiger partial charge in [-0.3, -0.25) is 0 Å². The Labute approximate surface area is 133 Å². The first-order valence-corrected chi connectivity index (χ1v) is 8.51. The Kier molecular flexibility index (Phi) is 3.68. The third-order valence-corrected chi connectivity index (χ3v) is 6.40. The molecule has 0 aromatic carbocycles. The Bertz CT molecular complexity index is 834. The number of rotatable bonds is 3. The average Bonchev–Trinajstić information content (AvgIpc) is 2.92. The zero-order chi connectivity index (χ0) is 15.1. The minimum Gasteiger partial charge on any atom is -0.477 e. The van der Waals surface area contributed by atoms with Crippen molar-refractivity contribution in [2.45, 2.75) is 30.1 Å². The van der Waals surface area contributed by atoms with Crippen LogP contribution >= 0.6 is 34.4 Å². The van der Waals surface area contributed by atoms with Crippen LogP contribution in [0.2, 0.25) is 0 Å². The lowest BCUT2D eigenvalue weighted by Gasteiger charge is -2.00. The van der Waals surface area contributed by atoms with E-state index in [0.29, 0.717) is 9.71 Å². The van der Waals surface area contributed by atoms with Gasteiger partial charge < -0.3 is 5.11 Å². The van der Waals surface area contributed by atoms with Crippen LogP contribution in [0.25, 0.3) is 10.2 Å². The molecule has 0 amide bonds. The minimum atomic E-state index is -0.924. The molecule has 108 valence electrons. The van der Waals surface area contributed by atoms with E-state index in [-0.39, 0.29) is 0 Å². The van der Waals surface area contributed by atoms with E-state index < -0.39 is 5.97 Å². The number of thiazole rings is 1. The number of hydrogen-bond donors (Lipinski definition) is 1. The van der Waals surface area contributed by atoms with Gasteiger partial charge in [0.1, 0.15) is 21.1 Å². The lowest BCUT2D eigenvalue weighted by molar-refractivity contribution is 0.0701. The molecule has 0 bridgehead atoms. The zero-order valence-electron chi connectivity index (χ0n) is 11.5. The molecule has 0 fully saturated rings. The van der Waals surface area contributed by atoms with Crippen LogP contribution < -0.4 is 0 Å². The van der Waals surface area contributed by atoms with Crippen molar-refractivity contribution in [3.05, 3.63) is 27.3 Å². The Morgan fingerprint density at radius 3 is 2.62 bits per heavy atom. The van der Waals surface area contributed by atoms with Gasteiger partial charge >= 0.3 is 5.97 Å². The third kappa shape index (κ3) is 2.54. The SMILES string of the molecule is Cc1nc(Sc2ncnc3sc(C(=O)O)c(C)c23)sc1C. The Morgan fingerprint density at radius 1 is 1.24 bits per heavy atom. The van der Waals surface area contributed by atoms with Crippen LogP contribution in [0.5, 0.6) is 0 Å². The topological polar surface area (TPSA) is 76.0 Å². The van der Waals surface area contributed by atoms with Crippen LogP contribution in [0.15, 0.2) is 15.7 Å². The number of carbonyl (C=O) groups is 1. The summed E-state index contributed by atoms with van der Waals surface area (Å²) in [5, 5.41) is 10.8. The summed E-state index contributed by atoms with van der Waals surface area (Å²) in [5.41, 5.74) is 1.73. The van der Waals surface area contributed by atoms with Crippen LogP contribution in [0.4, 0.5) is 0 Å². The van der Waals surface area contributed by atoms with Crippen LogP contribution in [0.1, 0.15) is 25.8 Å². The molecule has 0 unspecified atom stereocenters. The third-order valence-electron chi connectivity index (χ3n) is 3.08. The quantitative estimate of drug-likeness (QED) is 0.730. The largest absolute Gasteiger partial charge is 0.477 e. The number of aryl methyl sites for hydroxylation is 3. The second-order valence-electron chi connectivity index (χ2n) is 4.44. The van der Waals surface area contributed by atoms with Crippen LogP contribution in [0, 0.1) is 20.8 Å². The van der Waals surface area contributed by atoms with E-state index >= 15 is 0 Å². The van der Waals surface area contributed by atoms with Gasteiger partial charge in [-0.1, -0.05) is 0 Å². The molecule has 0 atom stereocenters. The fourth-order valence-corrected chi connectivity index (χ4v) is 5.16. The van der Waals surface area contributed by atoms with Gasteiger partial charge in [0.2, 0.25) is 0 Å². The van der Waals surface area contributed by atoms with Crippen molar-refractivity contribution in [2.75, 3.05) is 0 Å². The maximum atomic E-state index is 11.3. The summed E-state index contributed by atoms with van der Waals surface area (Å²) in [6.07, 6.45) is 1.47. The van der Waals surface area contributed by atoms with E-state index in [1.165, 1.54) is 34.3 Å². The van der Waals surface area contributed by atoms with Gasteiger partial charge in [0.05, 0.1) is 5.69 Å². The summed E-state index contributed by atoms with van der Waals surface area (Å²) in [6.45, 7) is 5.81. The average molecular weight is 337 g/mol. The molecule has 21 heavy (non-hydrogen) atoms. The summed E-state index contributed by atoms with van der Waals surface area (Å²) in [7, 11) is 0. The van der Waals surface area contributed by atoms with Gasteiger partial charge in [0.25, 0.3) is 0 Å². The van der Waals surface area contributed by atoms with Gasteiger partial charge in [0, 0.05) is 10.3 Å². The normalized spacial score (nSPS) is 11.2. The summed E-state index contributed by atoms with van der Waals surface area (Å²) in [6, 6.07) is 0. The Balaban J connectivity index is 2.12. The number of aromatic carboxylic acids is 1. The molecule has 3 aromatic rings. The Morgan fingerprint density at radius 2 is 2.00 bits per heavy atom. The van der Waals surface area contributed by atoms with E-state index in [4.69, 9.17) is 0 Å². The highest BCUT2D eigenvalue weighted by molar-refractivity contribution is 8.01. The standard InChI is InChI=1S/C13H11N3O2S3/c1-5-8-10(20-9(5)12(17)18)14-4-15-11(8)21-13-16-6(2)7(3)19-13/h4H,1-3H3,(H,17,18). The first-order chi connectivity index (χ1) is 9.97. The maximum Gasteiger partial charge on any atom is 0.346 e. The molecule has 8 heteroatoms. The molecule has 5 nitrogen and oxygen atoms in total. The monoisotopic (exact) mass is 337 g/mol. The van der Waals surface area contributed by atoms with Crippen molar-refractivity contribution in [2.24, 2.45) is 0 Å². The lowest BCUT2D eigenvalue weighted by atomic mass is 10.2. The van der Waals surface area contributed by atoms with E-state index in [0.717, 1.165) is 26.0 Å². The lowest BCUT2D eigenvalue weighted by Crippen LogP contribution is -1.94. The first-order valence-electron chi connectivity index (χ1n) is 6.06. The van der Waals surface area contributed by atoms with Crippen molar-refractivity contribution in [3.63, 3.8) is 0 Å². The number of fused-ring (bicyclic) bond motifs is 1. The molecule has 0 spiro atoms. The predicted octanol–water partition coefficient (Wildman–Crippen LogP) is 3.92. The van der Waals surface area contributed by atoms with Crippen molar-refractivity contribution in [3.8, 4) is 0 Å². The minimum absolute atomic E-state index is 0.318. The predicted molar refractivity (Wildman–Crippen MR) is 84.8 cm³/mol. The molecule has 3 rings (SSSR count). The van der Waals surface area contributed by atoms with Crippen molar-refractivity contribution >= 4 is 50.6 Å². The van der Waals surface area contributed by atoms with Gasteiger partial charge in [0.15, 0.2) is 4.34 Å². The highest BCUT2D eigenvalue weighted by Gasteiger charge is 2.19. The molecule has 0 saturated heterocycles.